The molecule has 24 heavy (non-hydrogen) atoms. The lowest BCUT2D eigenvalue weighted by Crippen LogP contribution is -2.26. The van der Waals surface area contributed by atoms with Gasteiger partial charge in [0.05, 0.1) is 13.2 Å². The van der Waals surface area contributed by atoms with Gasteiger partial charge in [0.25, 0.3) is 0 Å². The molecule has 0 unspecified atom stereocenters. The SMILES string of the molecule is COc1cccc(CNC[C@H](O)CCc2ccc(C(C)C)cc2)c1. The number of aryl methyl sites for hydroxylation is 1. The maximum absolute atomic E-state index is 10.1. The Morgan fingerprint density at radius 2 is 1.79 bits per heavy atom. The molecule has 0 saturated heterocycles. The van der Waals surface area contributed by atoms with Crippen molar-refractivity contribution >= 4 is 0 Å². The Morgan fingerprint density at radius 1 is 1.04 bits per heavy atom. The first-order valence-electron chi connectivity index (χ1n) is 8.69. The average Bonchev–Trinajstić information content (AvgIpc) is 2.60. The summed E-state index contributed by atoms with van der Waals surface area (Å²) >= 11 is 0. The molecular formula is C21H29NO2. The van der Waals surface area contributed by atoms with Gasteiger partial charge in [-0.05, 0) is 47.6 Å². The largest absolute Gasteiger partial charge is 0.497 e. The van der Waals surface area contributed by atoms with Crippen molar-refractivity contribution in [3.05, 3.63) is 65.2 Å². The summed E-state index contributed by atoms with van der Waals surface area (Å²) in [4.78, 5) is 0. The molecular weight excluding hydrogens is 298 g/mol. The molecule has 0 saturated carbocycles. The predicted molar refractivity (Wildman–Crippen MR) is 99.6 cm³/mol. The fourth-order valence-corrected chi connectivity index (χ4v) is 2.67. The number of nitrogens with one attached hydrogen (secondary N) is 1. The van der Waals surface area contributed by atoms with Gasteiger partial charge in [0.2, 0.25) is 0 Å². The van der Waals surface area contributed by atoms with E-state index < -0.39 is 0 Å². The van der Waals surface area contributed by atoms with Crippen molar-refractivity contribution in [1.82, 2.24) is 5.32 Å². The van der Waals surface area contributed by atoms with E-state index in [0.717, 1.165) is 30.7 Å². The van der Waals surface area contributed by atoms with Gasteiger partial charge in [-0.1, -0.05) is 50.2 Å². The van der Waals surface area contributed by atoms with E-state index in [-0.39, 0.29) is 6.10 Å². The molecule has 1 atom stereocenters. The molecule has 0 spiro atoms. The Kier molecular flexibility index (Phi) is 7.29. The van der Waals surface area contributed by atoms with Gasteiger partial charge in [-0.25, -0.2) is 0 Å². The highest BCUT2D eigenvalue weighted by Gasteiger charge is 2.05. The Labute approximate surface area is 145 Å². The zero-order valence-electron chi connectivity index (χ0n) is 15.0. The van der Waals surface area contributed by atoms with E-state index in [4.69, 9.17) is 4.74 Å². The van der Waals surface area contributed by atoms with Crippen molar-refractivity contribution in [3.63, 3.8) is 0 Å². The highest BCUT2D eigenvalue weighted by molar-refractivity contribution is 5.28. The third kappa shape index (κ3) is 5.99. The van der Waals surface area contributed by atoms with Crippen LogP contribution in [0.15, 0.2) is 48.5 Å². The summed E-state index contributed by atoms with van der Waals surface area (Å²) < 4.78 is 5.22. The van der Waals surface area contributed by atoms with E-state index in [1.165, 1.54) is 11.1 Å². The Balaban J connectivity index is 1.70. The number of aliphatic hydroxyl groups is 1. The van der Waals surface area contributed by atoms with Crippen LogP contribution in [-0.4, -0.2) is 24.9 Å². The highest BCUT2D eigenvalue weighted by Crippen LogP contribution is 2.16. The van der Waals surface area contributed by atoms with Gasteiger partial charge < -0.3 is 15.2 Å². The smallest absolute Gasteiger partial charge is 0.119 e. The summed E-state index contributed by atoms with van der Waals surface area (Å²) in [7, 11) is 1.67. The fourth-order valence-electron chi connectivity index (χ4n) is 2.67. The monoisotopic (exact) mass is 327 g/mol. The van der Waals surface area contributed by atoms with E-state index in [0.29, 0.717) is 12.5 Å². The van der Waals surface area contributed by atoms with E-state index >= 15 is 0 Å². The number of aliphatic hydroxyl groups excluding tert-OH is 1. The van der Waals surface area contributed by atoms with Gasteiger partial charge in [-0.3, -0.25) is 0 Å². The van der Waals surface area contributed by atoms with E-state index in [1.54, 1.807) is 7.11 Å². The summed E-state index contributed by atoms with van der Waals surface area (Å²) in [6.45, 7) is 5.73. The Bertz CT molecular complexity index is 607. The quantitative estimate of drug-likeness (QED) is 0.734. The molecule has 0 aliphatic heterocycles. The lowest BCUT2D eigenvalue weighted by atomic mass is 9.99. The van der Waals surface area contributed by atoms with Gasteiger partial charge in [0.15, 0.2) is 0 Å². The molecule has 130 valence electrons. The van der Waals surface area contributed by atoms with Gasteiger partial charge in [0, 0.05) is 13.1 Å². The number of rotatable bonds is 9. The maximum atomic E-state index is 10.1. The van der Waals surface area contributed by atoms with Gasteiger partial charge in [-0.15, -0.1) is 0 Å². The van der Waals surface area contributed by atoms with Crippen molar-refractivity contribution in [3.8, 4) is 5.75 Å². The van der Waals surface area contributed by atoms with Crippen molar-refractivity contribution < 1.29 is 9.84 Å². The molecule has 0 radical (unpaired) electrons. The second-order valence-electron chi connectivity index (χ2n) is 6.57. The summed E-state index contributed by atoms with van der Waals surface area (Å²) in [5.41, 5.74) is 3.80. The van der Waals surface area contributed by atoms with Crippen LogP contribution in [0.3, 0.4) is 0 Å². The van der Waals surface area contributed by atoms with Gasteiger partial charge in [0.1, 0.15) is 5.75 Å². The molecule has 2 rings (SSSR count). The minimum Gasteiger partial charge on any atom is -0.497 e. The third-order valence-electron chi connectivity index (χ3n) is 4.26. The van der Waals surface area contributed by atoms with Crippen molar-refractivity contribution in [2.75, 3.05) is 13.7 Å². The molecule has 2 aromatic rings. The molecule has 2 aromatic carbocycles. The standard InChI is InChI=1S/C21H29NO2/c1-16(2)19-10-7-17(8-11-19)9-12-20(23)15-22-14-18-5-4-6-21(13-18)24-3/h4-8,10-11,13,16,20,22-23H,9,12,14-15H2,1-3H3/t20-/m1/s1. The lowest BCUT2D eigenvalue weighted by molar-refractivity contribution is 0.161. The molecule has 3 nitrogen and oxygen atoms in total. The minimum atomic E-state index is -0.333. The second kappa shape index (κ2) is 9.45. The predicted octanol–water partition coefficient (Wildman–Crippen LogP) is 3.90. The van der Waals surface area contributed by atoms with E-state index in [1.807, 2.05) is 18.2 Å². The molecule has 0 aliphatic carbocycles. The van der Waals surface area contributed by atoms with Crippen LogP contribution in [-0.2, 0) is 13.0 Å². The number of methoxy groups -OCH3 is 1. The minimum absolute atomic E-state index is 0.333. The van der Waals surface area contributed by atoms with Crippen LogP contribution in [0.25, 0.3) is 0 Å². The number of hydrogen-bond donors (Lipinski definition) is 2. The Hall–Kier alpha value is -1.84. The first-order chi connectivity index (χ1) is 11.6. The normalized spacial score (nSPS) is 12.4. The first kappa shape index (κ1) is 18.5. The molecule has 0 heterocycles. The van der Waals surface area contributed by atoms with Crippen LogP contribution in [0, 0.1) is 0 Å². The van der Waals surface area contributed by atoms with Crippen LogP contribution >= 0.6 is 0 Å². The van der Waals surface area contributed by atoms with Crippen molar-refractivity contribution in [2.45, 2.75) is 45.3 Å². The van der Waals surface area contributed by atoms with Crippen LogP contribution in [0.2, 0.25) is 0 Å². The lowest BCUT2D eigenvalue weighted by Gasteiger charge is -2.13. The summed E-state index contributed by atoms with van der Waals surface area (Å²) in [5, 5.41) is 13.5. The average molecular weight is 327 g/mol. The highest BCUT2D eigenvalue weighted by atomic mass is 16.5. The fraction of sp³-hybridized carbons (Fsp3) is 0.429. The number of benzene rings is 2. The molecule has 2 N–H and O–H groups in total. The van der Waals surface area contributed by atoms with Crippen molar-refractivity contribution in [1.29, 1.82) is 0 Å². The molecule has 3 heteroatoms. The first-order valence-corrected chi connectivity index (χ1v) is 8.69. The van der Waals surface area contributed by atoms with Gasteiger partial charge in [-0.2, -0.15) is 0 Å². The van der Waals surface area contributed by atoms with Crippen molar-refractivity contribution in [2.24, 2.45) is 0 Å². The molecule has 0 amide bonds. The zero-order chi connectivity index (χ0) is 17.4. The molecule has 0 aromatic heterocycles. The Morgan fingerprint density at radius 3 is 2.46 bits per heavy atom. The van der Waals surface area contributed by atoms with E-state index in [2.05, 4.69) is 49.5 Å². The van der Waals surface area contributed by atoms with Crippen LogP contribution in [0.4, 0.5) is 0 Å². The molecule has 0 fully saturated rings. The molecule has 0 aliphatic rings. The van der Waals surface area contributed by atoms with Crippen LogP contribution in [0.1, 0.15) is 42.9 Å². The topological polar surface area (TPSA) is 41.5 Å². The maximum Gasteiger partial charge on any atom is 0.119 e. The zero-order valence-corrected chi connectivity index (χ0v) is 15.0. The third-order valence-corrected chi connectivity index (χ3v) is 4.26. The molecule has 0 bridgehead atoms. The summed E-state index contributed by atoms with van der Waals surface area (Å²) in [6, 6.07) is 16.7. The van der Waals surface area contributed by atoms with Crippen LogP contribution < -0.4 is 10.1 Å². The second-order valence-corrected chi connectivity index (χ2v) is 6.57. The van der Waals surface area contributed by atoms with Gasteiger partial charge >= 0.3 is 0 Å². The van der Waals surface area contributed by atoms with Crippen LogP contribution in [0.5, 0.6) is 5.75 Å². The summed E-state index contributed by atoms with van der Waals surface area (Å²) in [5.74, 6) is 1.42. The summed E-state index contributed by atoms with van der Waals surface area (Å²) in [6.07, 6.45) is 1.34. The number of ether oxygens (including phenoxy) is 1. The van der Waals surface area contributed by atoms with E-state index in [9.17, 15) is 5.11 Å². The number of hydrogen-bond acceptors (Lipinski definition) is 3.